The van der Waals surface area contributed by atoms with E-state index < -0.39 is 0 Å². The minimum atomic E-state index is 0.151. The summed E-state index contributed by atoms with van der Waals surface area (Å²) in [6.07, 6.45) is 1.01. The third-order valence-corrected chi connectivity index (χ3v) is 3.68. The van der Waals surface area contributed by atoms with Crippen molar-refractivity contribution >= 4 is 0 Å². The summed E-state index contributed by atoms with van der Waals surface area (Å²) >= 11 is 0. The Morgan fingerprint density at radius 2 is 1.71 bits per heavy atom. The highest BCUT2D eigenvalue weighted by Crippen LogP contribution is 2.15. The van der Waals surface area contributed by atoms with Gasteiger partial charge in [-0.25, -0.2) is 0 Å². The first-order chi connectivity index (χ1) is 8.02. The maximum atomic E-state index is 6.19. The number of nitrogens with zero attached hydrogens (tertiary/aromatic N) is 1. The monoisotopic (exact) mass is 234 g/mol. The largest absolute Gasteiger partial charge is 0.324 e. The molecule has 0 aromatic heterocycles. The highest BCUT2D eigenvalue weighted by molar-refractivity contribution is 5.18. The molecular weight excluding hydrogens is 208 g/mol. The lowest BCUT2D eigenvalue weighted by Gasteiger charge is -2.28. The highest BCUT2D eigenvalue weighted by Gasteiger charge is 2.14. The van der Waals surface area contributed by atoms with E-state index in [4.69, 9.17) is 5.73 Å². The smallest absolute Gasteiger partial charge is 0.0307 e. The van der Waals surface area contributed by atoms with Crippen molar-refractivity contribution in [3.05, 3.63) is 35.9 Å². The van der Waals surface area contributed by atoms with Crippen LogP contribution in [-0.2, 0) is 0 Å². The molecular formula is C15H26N2. The van der Waals surface area contributed by atoms with Crippen LogP contribution in [0.4, 0.5) is 0 Å². The summed E-state index contributed by atoms with van der Waals surface area (Å²) in [4.78, 5) is 2.40. The lowest BCUT2D eigenvalue weighted by molar-refractivity contribution is 0.202. The Bertz CT molecular complexity index is 308. The second kappa shape index (κ2) is 6.77. The van der Waals surface area contributed by atoms with E-state index in [0.717, 1.165) is 13.0 Å². The molecule has 0 radical (unpaired) electrons. The molecule has 2 atom stereocenters. The number of hydrogen-bond donors (Lipinski definition) is 1. The zero-order valence-corrected chi connectivity index (χ0v) is 11.6. The quantitative estimate of drug-likeness (QED) is 0.819. The van der Waals surface area contributed by atoms with Crippen molar-refractivity contribution in [1.29, 1.82) is 0 Å². The lowest BCUT2D eigenvalue weighted by atomic mass is 10.0. The average Bonchev–Trinajstić information content (AvgIpc) is 2.35. The van der Waals surface area contributed by atoms with E-state index in [2.05, 4.69) is 57.0 Å². The van der Waals surface area contributed by atoms with Gasteiger partial charge in [-0.3, -0.25) is 0 Å². The van der Waals surface area contributed by atoms with Gasteiger partial charge < -0.3 is 10.6 Å². The van der Waals surface area contributed by atoms with Crippen molar-refractivity contribution in [2.24, 2.45) is 11.7 Å². The fourth-order valence-electron chi connectivity index (χ4n) is 1.92. The molecule has 0 saturated carbocycles. The maximum Gasteiger partial charge on any atom is 0.0307 e. The zero-order chi connectivity index (χ0) is 12.8. The summed E-state index contributed by atoms with van der Waals surface area (Å²) in [7, 11) is 2.18. The molecule has 1 rings (SSSR count). The molecule has 2 N–H and O–H groups in total. The van der Waals surface area contributed by atoms with Crippen LogP contribution in [-0.4, -0.2) is 24.5 Å². The van der Waals surface area contributed by atoms with Gasteiger partial charge in [0.15, 0.2) is 0 Å². The molecule has 0 fully saturated rings. The van der Waals surface area contributed by atoms with Gasteiger partial charge in [0.05, 0.1) is 0 Å². The van der Waals surface area contributed by atoms with Crippen LogP contribution < -0.4 is 5.73 Å². The highest BCUT2D eigenvalue weighted by atomic mass is 15.1. The van der Waals surface area contributed by atoms with Gasteiger partial charge in [0.2, 0.25) is 0 Å². The Morgan fingerprint density at radius 3 is 2.24 bits per heavy atom. The van der Waals surface area contributed by atoms with Crippen LogP contribution in [0, 0.1) is 5.92 Å². The van der Waals surface area contributed by atoms with Crippen molar-refractivity contribution < 1.29 is 0 Å². The fourth-order valence-corrected chi connectivity index (χ4v) is 1.92. The Morgan fingerprint density at radius 1 is 1.12 bits per heavy atom. The first-order valence-electron chi connectivity index (χ1n) is 6.53. The minimum Gasteiger partial charge on any atom is -0.324 e. The normalized spacial score (nSPS) is 15.2. The number of hydrogen-bond acceptors (Lipinski definition) is 2. The van der Waals surface area contributed by atoms with Gasteiger partial charge in [-0.1, -0.05) is 44.2 Å². The van der Waals surface area contributed by atoms with Crippen LogP contribution in [0.5, 0.6) is 0 Å². The topological polar surface area (TPSA) is 29.3 Å². The van der Waals surface area contributed by atoms with Gasteiger partial charge in [-0.2, -0.15) is 0 Å². The first-order valence-corrected chi connectivity index (χ1v) is 6.53. The molecule has 2 nitrogen and oxygen atoms in total. The van der Waals surface area contributed by atoms with Crippen molar-refractivity contribution in [3.63, 3.8) is 0 Å². The molecule has 0 aliphatic heterocycles. The molecule has 2 heteroatoms. The van der Waals surface area contributed by atoms with Gasteiger partial charge in [-0.05, 0) is 38.4 Å². The summed E-state index contributed by atoms with van der Waals surface area (Å²) in [6, 6.07) is 11.1. The van der Waals surface area contributed by atoms with Gasteiger partial charge in [0.1, 0.15) is 0 Å². The molecule has 0 heterocycles. The van der Waals surface area contributed by atoms with Crippen molar-refractivity contribution in [1.82, 2.24) is 4.90 Å². The molecule has 0 saturated heterocycles. The number of nitrogens with two attached hydrogens (primary N) is 1. The Hall–Kier alpha value is -0.860. The van der Waals surface area contributed by atoms with Crippen molar-refractivity contribution in [3.8, 4) is 0 Å². The van der Waals surface area contributed by atoms with E-state index in [1.165, 1.54) is 5.56 Å². The summed E-state index contributed by atoms with van der Waals surface area (Å²) in [5.74, 6) is 0.688. The fraction of sp³-hybridized carbons (Fsp3) is 0.600. The van der Waals surface area contributed by atoms with E-state index in [9.17, 15) is 0 Å². The van der Waals surface area contributed by atoms with Gasteiger partial charge in [0, 0.05) is 12.1 Å². The number of benzene rings is 1. The van der Waals surface area contributed by atoms with Gasteiger partial charge in [-0.15, -0.1) is 0 Å². The molecule has 0 amide bonds. The Balaban J connectivity index is 2.41. The van der Waals surface area contributed by atoms with Crippen LogP contribution in [0.2, 0.25) is 0 Å². The predicted octanol–water partition coefficient (Wildman–Crippen LogP) is 3.05. The van der Waals surface area contributed by atoms with Gasteiger partial charge >= 0.3 is 0 Å². The third-order valence-electron chi connectivity index (χ3n) is 3.68. The van der Waals surface area contributed by atoms with E-state index in [1.807, 2.05) is 6.07 Å². The van der Waals surface area contributed by atoms with Crippen LogP contribution in [0.15, 0.2) is 30.3 Å². The molecule has 17 heavy (non-hydrogen) atoms. The van der Waals surface area contributed by atoms with Crippen LogP contribution in [0.1, 0.15) is 38.8 Å². The summed E-state index contributed by atoms with van der Waals surface area (Å²) in [6.45, 7) is 7.85. The molecule has 2 unspecified atom stereocenters. The summed E-state index contributed by atoms with van der Waals surface area (Å²) in [5.41, 5.74) is 7.43. The molecule has 1 aromatic rings. The van der Waals surface area contributed by atoms with E-state index in [-0.39, 0.29) is 6.04 Å². The molecule has 96 valence electrons. The van der Waals surface area contributed by atoms with Gasteiger partial charge in [0.25, 0.3) is 0 Å². The average molecular weight is 234 g/mol. The molecule has 0 aliphatic carbocycles. The van der Waals surface area contributed by atoms with Crippen LogP contribution >= 0.6 is 0 Å². The van der Waals surface area contributed by atoms with Crippen molar-refractivity contribution in [2.75, 3.05) is 13.6 Å². The third kappa shape index (κ3) is 4.49. The second-order valence-corrected chi connectivity index (χ2v) is 5.27. The summed E-state index contributed by atoms with van der Waals surface area (Å²) in [5, 5.41) is 0. The van der Waals surface area contributed by atoms with Crippen LogP contribution in [0.25, 0.3) is 0 Å². The Kier molecular flexibility index (Phi) is 5.66. The predicted molar refractivity (Wildman–Crippen MR) is 74.9 cm³/mol. The van der Waals surface area contributed by atoms with Crippen LogP contribution in [0.3, 0.4) is 0 Å². The van der Waals surface area contributed by atoms with E-state index in [0.29, 0.717) is 12.0 Å². The van der Waals surface area contributed by atoms with E-state index >= 15 is 0 Å². The zero-order valence-electron chi connectivity index (χ0n) is 11.6. The standard InChI is InChI=1S/C15H26N2/c1-12(2)13(3)17(4)11-10-15(16)14-8-6-5-7-9-14/h5-9,12-13,15H,10-11,16H2,1-4H3. The van der Waals surface area contributed by atoms with Crippen molar-refractivity contribution in [2.45, 2.75) is 39.3 Å². The first kappa shape index (κ1) is 14.2. The molecule has 0 spiro atoms. The molecule has 1 aromatic carbocycles. The maximum absolute atomic E-state index is 6.19. The lowest BCUT2D eigenvalue weighted by Crippen LogP contribution is -2.35. The molecule has 0 bridgehead atoms. The van der Waals surface area contributed by atoms with E-state index in [1.54, 1.807) is 0 Å². The SMILES string of the molecule is CC(C)C(C)N(C)CCC(N)c1ccccc1. The number of rotatable bonds is 6. The molecule has 0 aliphatic rings. The minimum absolute atomic E-state index is 0.151. The second-order valence-electron chi connectivity index (χ2n) is 5.27. The summed E-state index contributed by atoms with van der Waals surface area (Å²) < 4.78 is 0. The Labute approximate surface area is 106 Å².